The highest BCUT2D eigenvalue weighted by molar-refractivity contribution is 7.80. The maximum Gasteiger partial charge on any atom is 0.253 e. The molecule has 0 radical (unpaired) electrons. The lowest BCUT2D eigenvalue weighted by molar-refractivity contribution is 0.0796. The van der Waals surface area contributed by atoms with Gasteiger partial charge in [0.2, 0.25) is 0 Å². The number of carbonyl (C=O) groups excluding carboxylic acids is 1. The minimum absolute atomic E-state index is 0.0240. The van der Waals surface area contributed by atoms with E-state index < -0.39 is 0 Å². The third-order valence-corrected chi connectivity index (χ3v) is 3.56. The molecule has 3 nitrogen and oxygen atoms in total. The number of likely N-dealkylation sites (N-methyl/N-ethyl adjacent to an activating group) is 1. The normalized spacial score (nSPS) is 10.1. The minimum atomic E-state index is -0.0240. The third kappa shape index (κ3) is 4.13. The van der Waals surface area contributed by atoms with Gasteiger partial charge in [0.05, 0.1) is 0 Å². The van der Waals surface area contributed by atoms with Gasteiger partial charge in [-0.15, -0.1) is 0 Å². The second kappa shape index (κ2) is 6.99. The molecule has 21 heavy (non-hydrogen) atoms. The summed E-state index contributed by atoms with van der Waals surface area (Å²) in [6.45, 7) is 0.667. The van der Waals surface area contributed by atoms with Crippen LogP contribution in [0, 0.1) is 0 Å². The molecule has 108 valence electrons. The molecule has 0 saturated carbocycles. The Balaban J connectivity index is 2.02. The van der Waals surface area contributed by atoms with Crippen LogP contribution in [0.1, 0.15) is 21.5 Å². The topological polar surface area (TPSA) is 46.3 Å². The molecule has 4 heteroatoms. The number of carbonyl (C=O) groups is 1. The average molecular weight is 298 g/mol. The monoisotopic (exact) mass is 298 g/mol. The Morgan fingerprint density at radius 2 is 1.76 bits per heavy atom. The highest BCUT2D eigenvalue weighted by Gasteiger charge is 2.12. The molecule has 2 aromatic carbocycles. The van der Waals surface area contributed by atoms with Crippen molar-refractivity contribution in [3.05, 3.63) is 71.3 Å². The van der Waals surface area contributed by atoms with Crippen LogP contribution < -0.4 is 5.73 Å². The van der Waals surface area contributed by atoms with Crippen molar-refractivity contribution in [3.63, 3.8) is 0 Å². The lowest BCUT2D eigenvalue weighted by Crippen LogP contribution is -2.29. The summed E-state index contributed by atoms with van der Waals surface area (Å²) in [6.07, 6.45) is 0.831. The number of benzene rings is 2. The lowest BCUT2D eigenvalue weighted by atomic mass is 10.1. The molecule has 0 aliphatic carbocycles. The SMILES string of the molecule is CN(CCc1ccccc1)C(=O)c1cccc(C(N)=S)c1. The van der Waals surface area contributed by atoms with Gasteiger partial charge >= 0.3 is 0 Å². The molecular formula is C17H18N2OS. The first kappa shape index (κ1) is 15.2. The van der Waals surface area contributed by atoms with E-state index in [1.807, 2.05) is 24.3 Å². The minimum Gasteiger partial charge on any atom is -0.389 e. The summed E-state index contributed by atoms with van der Waals surface area (Å²) in [5.41, 5.74) is 8.14. The van der Waals surface area contributed by atoms with Gasteiger partial charge in [-0.2, -0.15) is 0 Å². The van der Waals surface area contributed by atoms with Gasteiger partial charge in [-0.25, -0.2) is 0 Å². The fourth-order valence-electron chi connectivity index (χ4n) is 2.07. The predicted molar refractivity (Wildman–Crippen MR) is 89.4 cm³/mol. The van der Waals surface area contributed by atoms with Crippen LogP contribution in [0.15, 0.2) is 54.6 Å². The summed E-state index contributed by atoms with van der Waals surface area (Å²) in [6, 6.07) is 17.2. The van der Waals surface area contributed by atoms with Crippen molar-refractivity contribution in [3.8, 4) is 0 Å². The Morgan fingerprint density at radius 1 is 1.10 bits per heavy atom. The van der Waals surface area contributed by atoms with E-state index in [0.717, 1.165) is 6.42 Å². The molecule has 0 aliphatic rings. The van der Waals surface area contributed by atoms with Gasteiger partial charge in [-0.1, -0.05) is 54.7 Å². The Bertz CT molecular complexity index is 640. The van der Waals surface area contributed by atoms with Gasteiger partial charge in [0, 0.05) is 24.7 Å². The van der Waals surface area contributed by atoms with E-state index in [2.05, 4.69) is 12.1 Å². The van der Waals surface area contributed by atoms with Crippen molar-refractivity contribution >= 4 is 23.1 Å². The number of hydrogen-bond donors (Lipinski definition) is 1. The zero-order valence-electron chi connectivity index (χ0n) is 12.0. The Labute approximate surface area is 130 Å². The van der Waals surface area contributed by atoms with Crippen LogP contribution in [0.3, 0.4) is 0 Å². The summed E-state index contributed by atoms with van der Waals surface area (Å²) < 4.78 is 0. The fraction of sp³-hybridized carbons (Fsp3) is 0.176. The Kier molecular flexibility index (Phi) is 5.06. The molecule has 0 bridgehead atoms. The van der Waals surface area contributed by atoms with Crippen molar-refractivity contribution in [1.82, 2.24) is 4.90 Å². The fourth-order valence-corrected chi connectivity index (χ4v) is 2.20. The van der Waals surface area contributed by atoms with E-state index >= 15 is 0 Å². The van der Waals surface area contributed by atoms with Gasteiger partial charge in [0.1, 0.15) is 4.99 Å². The zero-order valence-corrected chi connectivity index (χ0v) is 12.8. The Hall–Kier alpha value is -2.20. The summed E-state index contributed by atoms with van der Waals surface area (Å²) in [7, 11) is 1.80. The second-order valence-electron chi connectivity index (χ2n) is 4.91. The van der Waals surface area contributed by atoms with Gasteiger partial charge in [0.25, 0.3) is 5.91 Å². The summed E-state index contributed by atoms with van der Waals surface area (Å²) in [5.74, 6) is -0.0240. The standard InChI is InChI=1S/C17H18N2OS/c1-19(11-10-13-6-3-2-4-7-13)17(20)15-9-5-8-14(12-15)16(18)21/h2-9,12H,10-11H2,1H3,(H2,18,21). The molecule has 2 rings (SSSR count). The van der Waals surface area contributed by atoms with Crippen LogP contribution in [0.25, 0.3) is 0 Å². The largest absolute Gasteiger partial charge is 0.389 e. The number of thiocarbonyl (C=S) groups is 1. The van der Waals surface area contributed by atoms with Gasteiger partial charge in [-0.3, -0.25) is 4.79 Å². The molecule has 0 aliphatic heterocycles. The van der Waals surface area contributed by atoms with Crippen molar-refractivity contribution in [1.29, 1.82) is 0 Å². The molecular weight excluding hydrogens is 280 g/mol. The summed E-state index contributed by atoms with van der Waals surface area (Å²) in [5, 5.41) is 0. The molecule has 1 amide bonds. The second-order valence-corrected chi connectivity index (χ2v) is 5.35. The summed E-state index contributed by atoms with van der Waals surface area (Å²) >= 11 is 4.94. The highest BCUT2D eigenvalue weighted by atomic mass is 32.1. The zero-order chi connectivity index (χ0) is 15.2. The van der Waals surface area contributed by atoms with Gasteiger partial charge in [-0.05, 0) is 24.1 Å². The van der Waals surface area contributed by atoms with E-state index in [1.54, 1.807) is 30.1 Å². The van der Waals surface area contributed by atoms with E-state index in [9.17, 15) is 4.79 Å². The van der Waals surface area contributed by atoms with E-state index in [0.29, 0.717) is 22.7 Å². The molecule has 0 aromatic heterocycles. The molecule has 2 aromatic rings. The number of rotatable bonds is 5. The van der Waals surface area contributed by atoms with E-state index in [1.165, 1.54) is 5.56 Å². The van der Waals surface area contributed by atoms with Crippen LogP contribution in [0.5, 0.6) is 0 Å². The quantitative estimate of drug-likeness (QED) is 0.863. The van der Waals surface area contributed by atoms with Crippen molar-refractivity contribution in [2.45, 2.75) is 6.42 Å². The molecule has 0 fully saturated rings. The number of nitrogens with two attached hydrogens (primary N) is 1. The summed E-state index contributed by atoms with van der Waals surface area (Å²) in [4.78, 5) is 14.4. The van der Waals surface area contributed by atoms with Crippen LogP contribution in [-0.2, 0) is 6.42 Å². The molecule has 2 N–H and O–H groups in total. The van der Waals surface area contributed by atoms with Crippen LogP contribution in [0.4, 0.5) is 0 Å². The third-order valence-electron chi connectivity index (χ3n) is 3.32. The molecule has 0 atom stereocenters. The number of nitrogens with zero attached hydrogens (tertiary/aromatic N) is 1. The lowest BCUT2D eigenvalue weighted by Gasteiger charge is -2.17. The van der Waals surface area contributed by atoms with Crippen molar-refractivity contribution in [2.24, 2.45) is 5.73 Å². The number of hydrogen-bond acceptors (Lipinski definition) is 2. The first-order valence-corrected chi connectivity index (χ1v) is 7.18. The molecule has 0 heterocycles. The molecule has 0 saturated heterocycles. The first-order chi connectivity index (χ1) is 10.1. The first-order valence-electron chi connectivity index (χ1n) is 6.77. The maximum atomic E-state index is 12.4. The van der Waals surface area contributed by atoms with Crippen LogP contribution in [0.2, 0.25) is 0 Å². The van der Waals surface area contributed by atoms with E-state index in [-0.39, 0.29) is 5.91 Å². The van der Waals surface area contributed by atoms with Crippen molar-refractivity contribution < 1.29 is 4.79 Å². The van der Waals surface area contributed by atoms with Crippen LogP contribution in [-0.4, -0.2) is 29.4 Å². The Morgan fingerprint density at radius 3 is 2.43 bits per heavy atom. The van der Waals surface area contributed by atoms with E-state index in [4.69, 9.17) is 18.0 Å². The molecule has 0 unspecified atom stereocenters. The van der Waals surface area contributed by atoms with Crippen LogP contribution >= 0.6 is 12.2 Å². The highest BCUT2D eigenvalue weighted by Crippen LogP contribution is 2.09. The smallest absolute Gasteiger partial charge is 0.253 e. The maximum absolute atomic E-state index is 12.4. The average Bonchev–Trinajstić information content (AvgIpc) is 2.53. The van der Waals surface area contributed by atoms with Gasteiger partial charge < -0.3 is 10.6 Å². The van der Waals surface area contributed by atoms with Crippen molar-refractivity contribution in [2.75, 3.05) is 13.6 Å². The number of amides is 1. The predicted octanol–water partition coefficient (Wildman–Crippen LogP) is 2.64. The van der Waals surface area contributed by atoms with Gasteiger partial charge in [0.15, 0.2) is 0 Å². The molecule has 0 spiro atoms.